The highest BCUT2D eigenvalue weighted by Crippen LogP contribution is 2.32. The van der Waals surface area contributed by atoms with Crippen molar-refractivity contribution in [2.45, 2.75) is 19.4 Å². The van der Waals surface area contributed by atoms with Gasteiger partial charge in [0.15, 0.2) is 5.82 Å². The lowest BCUT2D eigenvalue weighted by molar-refractivity contribution is 0.0255. The van der Waals surface area contributed by atoms with Gasteiger partial charge >= 0.3 is 0 Å². The maximum Gasteiger partial charge on any atom is 0.261 e. The summed E-state index contributed by atoms with van der Waals surface area (Å²) in [6.07, 6.45) is 2.54. The van der Waals surface area contributed by atoms with Crippen LogP contribution in [0.5, 0.6) is 5.75 Å². The van der Waals surface area contributed by atoms with Gasteiger partial charge in [0.2, 0.25) is 5.90 Å². The third-order valence-corrected chi connectivity index (χ3v) is 5.32. The zero-order valence-corrected chi connectivity index (χ0v) is 16.2. The van der Waals surface area contributed by atoms with E-state index in [0.717, 1.165) is 18.5 Å². The van der Waals surface area contributed by atoms with Crippen LogP contribution >= 0.6 is 0 Å². The van der Waals surface area contributed by atoms with Crippen LogP contribution in [0.2, 0.25) is 0 Å². The van der Waals surface area contributed by atoms with Crippen LogP contribution in [-0.4, -0.2) is 46.1 Å². The number of nitrogens with one attached hydrogen (secondary N) is 3. The minimum absolute atomic E-state index is 0.0284. The van der Waals surface area contributed by atoms with Gasteiger partial charge in [0, 0.05) is 18.5 Å². The summed E-state index contributed by atoms with van der Waals surface area (Å²) in [4.78, 5) is 15.3. The number of pyridine rings is 1. The Hall–Kier alpha value is -3.33. The second kappa shape index (κ2) is 7.59. The van der Waals surface area contributed by atoms with Gasteiger partial charge in [-0.2, -0.15) is 5.10 Å². The number of fused-ring (bicyclic) bond motifs is 1. The number of hydrogen-bond acceptors (Lipinski definition) is 7. The number of aromatic amines is 1. The molecule has 1 aliphatic rings. The highest BCUT2D eigenvalue weighted by atomic mass is 16.5. The third kappa shape index (κ3) is 3.44. The second-order valence-electron chi connectivity index (χ2n) is 7.16. The molecule has 1 unspecified atom stereocenters. The minimum atomic E-state index is -0.246. The van der Waals surface area contributed by atoms with Gasteiger partial charge in [-0.3, -0.25) is 14.9 Å². The normalized spacial score (nSPS) is 19.2. The largest absolute Gasteiger partial charge is 0.507 e. The molecule has 1 aromatic carbocycles. The first kappa shape index (κ1) is 19.0. The fourth-order valence-corrected chi connectivity index (χ4v) is 3.62. The number of phenols is 1. The standard InChI is InChI=1S/C20H23N5O4/c1-11-6-8-29-10-15(11)25-14-5-7-22-20(27)17(14)19(24-25)23-12-3-4-16(26)13(9-12)18(21)28-2/h3-5,7,9,11,15,21,26H,6,8,10H2,1-2H3,(H,22,27)(H,23,24)/t11-,15?/m0/s1. The number of ether oxygens (including phenoxy) is 2. The van der Waals surface area contributed by atoms with Crippen LogP contribution < -0.4 is 10.9 Å². The molecule has 9 heteroatoms. The van der Waals surface area contributed by atoms with E-state index in [1.165, 1.54) is 13.2 Å². The Kier molecular flexibility index (Phi) is 4.98. The number of nitrogens with zero attached hydrogens (tertiary/aromatic N) is 2. The number of hydrogen-bond donors (Lipinski definition) is 4. The van der Waals surface area contributed by atoms with Crippen molar-refractivity contribution in [2.75, 3.05) is 25.6 Å². The number of rotatable bonds is 4. The summed E-state index contributed by atoms with van der Waals surface area (Å²) < 4.78 is 12.4. The van der Waals surface area contributed by atoms with Crippen LogP contribution in [0.25, 0.3) is 10.9 Å². The Labute approximate surface area is 166 Å². The Morgan fingerprint density at radius 1 is 1.45 bits per heavy atom. The molecule has 2 atom stereocenters. The average molecular weight is 397 g/mol. The zero-order chi connectivity index (χ0) is 20.5. The minimum Gasteiger partial charge on any atom is -0.507 e. The fourth-order valence-electron chi connectivity index (χ4n) is 3.62. The van der Waals surface area contributed by atoms with Crippen molar-refractivity contribution >= 4 is 28.3 Å². The van der Waals surface area contributed by atoms with Crippen molar-refractivity contribution in [1.82, 2.24) is 14.8 Å². The molecule has 0 amide bonds. The molecule has 4 rings (SSSR count). The number of benzene rings is 1. The summed E-state index contributed by atoms with van der Waals surface area (Å²) in [6, 6.07) is 6.55. The quantitative estimate of drug-likeness (QED) is 0.305. The van der Waals surface area contributed by atoms with Crippen molar-refractivity contribution in [3.05, 3.63) is 46.4 Å². The van der Waals surface area contributed by atoms with Crippen molar-refractivity contribution in [3.8, 4) is 5.75 Å². The van der Waals surface area contributed by atoms with Gasteiger partial charge in [0.25, 0.3) is 5.56 Å². The van der Waals surface area contributed by atoms with Gasteiger partial charge in [-0.05, 0) is 36.6 Å². The molecule has 9 nitrogen and oxygen atoms in total. The molecule has 0 bridgehead atoms. The van der Waals surface area contributed by atoms with E-state index in [-0.39, 0.29) is 28.8 Å². The van der Waals surface area contributed by atoms with E-state index >= 15 is 0 Å². The Balaban J connectivity index is 1.79. The van der Waals surface area contributed by atoms with Crippen molar-refractivity contribution in [2.24, 2.45) is 5.92 Å². The molecule has 1 aliphatic heterocycles. The fraction of sp³-hybridized carbons (Fsp3) is 0.350. The summed E-state index contributed by atoms with van der Waals surface area (Å²) in [5, 5.41) is 26.1. The summed E-state index contributed by atoms with van der Waals surface area (Å²) >= 11 is 0. The second-order valence-corrected chi connectivity index (χ2v) is 7.16. The van der Waals surface area contributed by atoms with E-state index in [2.05, 4.69) is 17.2 Å². The molecule has 3 heterocycles. The van der Waals surface area contributed by atoms with E-state index in [1.54, 1.807) is 18.3 Å². The van der Waals surface area contributed by atoms with Crippen LogP contribution in [-0.2, 0) is 9.47 Å². The zero-order valence-electron chi connectivity index (χ0n) is 16.2. The van der Waals surface area contributed by atoms with Gasteiger partial charge in [-0.15, -0.1) is 0 Å². The number of phenolic OH excluding ortho intramolecular Hbond substituents is 1. The van der Waals surface area contributed by atoms with Crippen LogP contribution in [0.1, 0.15) is 24.9 Å². The lowest BCUT2D eigenvalue weighted by Gasteiger charge is -2.29. The molecule has 1 saturated heterocycles. The predicted molar refractivity (Wildman–Crippen MR) is 109 cm³/mol. The third-order valence-electron chi connectivity index (χ3n) is 5.32. The van der Waals surface area contributed by atoms with Gasteiger partial charge in [-0.25, -0.2) is 0 Å². The van der Waals surface area contributed by atoms with Gasteiger partial charge < -0.3 is 24.9 Å². The smallest absolute Gasteiger partial charge is 0.261 e. The molecule has 0 aliphatic carbocycles. The maximum atomic E-state index is 12.6. The Morgan fingerprint density at radius 2 is 2.28 bits per heavy atom. The SMILES string of the molecule is COC(=N)c1cc(Nc2nn(C3COCC[C@@H]3C)c3cc[nH]c(=O)c23)ccc1O. The molecule has 2 aromatic heterocycles. The van der Waals surface area contributed by atoms with Crippen LogP contribution in [0.4, 0.5) is 11.5 Å². The molecular weight excluding hydrogens is 374 g/mol. The lowest BCUT2D eigenvalue weighted by Crippen LogP contribution is -2.29. The van der Waals surface area contributed by atoms with E-state index in [4.69, 9.17) is 20.0 Å². The average Bonchev–Trinajstić information content (AvgIpc) is 3.08. The molecule has 152 valence electrons. The number of methoxy groups -OCH3 is 1. The summed E-state index contributed by atoms with van der Waals surface area (Å²) in [6.45, 7) is 3.42. The van der Waals surface area contributed by atoms with E-state index in [1.807, 2.05) is 10.7 Å². The highest BCUT2D eigenvalue weighted by molar-refractivity contribution is 5.96. The summed E-state index contributed by atoms with van der Waals surface area (Å²) in [5.41, 5.74) is 1.29. The first-order chi connectivity index (χ1) is 14.0. The molecule has 4 N–H and O–H groups in total. The van der Waals surface area contributed by atoms with Crippen LogP contribution in [0, 0.1) is 11.3 Å². The first-order valence-corrected chi connectivity index (χ1v) is 9.40. The molecule has 29 heavy (non-hydrogen) atoms. The van der Waals surface area contributed by atoms with E-state index in [9.17, 15) is 9.90 Å². The molecule has 1 fully saturated rings. The Morgan fingerprint density at radius 3 is 3.03 bits per heavy atom. The van der Waals surface area contributed by atoms with Crippen molar-refractivity contribution in [1.29, 1.82) is 5.41 Å². The number of anilines is 2. The maximum absolute atomic E-state index is 12.6. The molecule has 0 spiro atoms. The Bertz CT molecular complexity index is 1120. The van der Waals surface area contributed by atoms with Gasteiger partial charge in [0.1, 0.15) is 11.1 Å². The number of aromatic hydroxyl groups is 1. The molecule has 3 aromatic rings. The predicted octanol–water partition coefficient (Wildman–Crippen LogP) is 2.74. The molecule has 0 radical (unpaired) electrons. The van der Waals surface area contributed by atoms with Crippen LogP contribution in [0.3, 0.4) is 0 Å². The van der Waals surface area contributed by atoms with E-state index < -0.39 is 0 Å². The first-order valence-electron chi connectivity index (χ1n) is 9.40. The topological polar surface area (TPSA) is 125 Å². The van der Waals surface area contributed by atoms with Crippen LogP contribution in [0.15, 0.2) is 35.3 Å². The number of H-pyrrole nitrogens is 1. The lowest BCUT2D eigenvalue weighted by atomic mass is 9.97. The summed E-state index contributed by atoms with van der Waals surface area (Å²) in [7, 11) is 1.37. The summed E-state index contributed by atoms with van der Waals surface area (Å²) in [5.74, 6) is 0.540. The van der Waals surface area contributed by atoms with Gasteiger partial charge in [0.05, 0.1) is 30.8 Å². The van der Waals surface area contributed by atoms with Gasteiger partial charge in [-0.1, -0.05) is 6.92 Å². The number of aromatic nitrogens is 3. The van der Waals surface area contributed by atoms with E-state index in [0.29, 0.717) is 29.4 Å². The molecular formula is C20H23N5O4. The van der Waals surface area contributed by atoms with Crippen molar-refractivity contribution in [3.63, 3.8) is 0 Å². The molecule has 0 saturated carbocycles. The highest BCUT2D eigenvalue weighted by Gasteiger charge is 2.27. The monoisotopic (exact) mass is 397 g/mol. The van der Waals surface area contributed by atoms with Crippen molar-refractivity contribution < 1.29 is 14.6 Å².